The van der Waals surface area contributed by atoms with Gasteiger partial charge in [-0.15, -0.1) is 0 Å². The van der Waals surface area contributed by atoms with E-state index in [1.165, 1.54) is 0 Å². The zero-order chi connectivity index (χ0) is 26.3. The van der Waals surface area contributed by atoms with E-state index in [2.05, 4.69) is 0 Å². The highest BCUT2D eigenvalue weighted by Crippen LogP contribution is 2.58. The van der Waals surface area contributed by atoms with Crippen LogP contribution in [0.1, 0.15) is 49.0 Å². The molecule has 0 aliphatic rings. The van der Waals surface area contributed by atoms with E-state index < -0.39 is 95.0 Å². The third kappa shape index (κ3) is 4.50. The minimum Gasteiger partial charge on any atom is -0.481 e. The molecule has 0 aliphatic carbocycles. The van der Waals surface area contributed by atoms with Crippen LogP contribution in [-0.4, -0.2) is 34.6 Å². The van der Waals surface area contributed by atoms with E-state index in [-0.39, 0.29) is 0 Å². The first-order valence-electron chi connectivity index (χ1n) is 8.84. The molecule has 1 unspecified atom stereocenters. The summed E-state index contributed by atoms with van der Waals surface area (Å²) in [5.74, 6) is -45.6. The Morgan fingerprint density at radius 1 is 0.818 bits per heavy atom. The monoisotopic (exact) mass is 506 g/mol. The van der Waals surface area contributed by atoms with E-state index in [1.807, 2.05) is 0 Å². The summed E-state index contributed by atoms with van der Waals surface area (Å²) < 4.78 is 167. The van der Waals surface area contributed by atoms with Crippen LogP contribution in [0.15, 0.2) is 0 Å². The second-order valence-corrected chi connectivity index (χ2v) is 7.05. The summed E-state index contributed by atoms with van der Waals surface area (Å²) in [5, 5.41) is 8.55. The second-order valence-electron chi connectivity index (χ2n) is 7.05. The van der Waals surface area contributed by atoms with Crippen molar-refractivity contribution in [2.24, 2.45) is 5.92 Å². The maximum Gasteiger partial charge on any atom is 0.382 e. The summed E-state index contributed by atoms with van der Waals surface area (Å²) in [6, 6.07) is 0. The molecular formula is C18H14F12O3. The van der Waals surface area contributed by atoms with Gasteiger partial charge in [0.25, 0.3) is 0 Å². The van der Waals surface area contributed by atoms with Gasteiger partial charge in [-0.1, -0.05) is 20.3 Å². The standard InChI is InChI=1S/C18H14F12O3/c1-3-4-15(23,24)17(27,28)18(29,30)16(25,26)9-12(21)10(19)8(11(20)13(9)22)14(33)6(2)5-7(31)32/h6H,3-5H2,1-2H3,(H,31,32). The number of hydrogen-bond donors (Lipinski definition) is 1. The van der Waals surface area contributed by atoms with Crippen LogP contribution in [0.5, 0.6) is 0 Å². The molecule has 0 saturated carbocycles. The molecule has 3 nitrogen and oxygen atoms in total. The van der Waals surface area contributed by atoms with Crippen LogP contribution in [0.3, 0.4) is 0 Å². The van der Waals surface area contributed by atoms with Crippen molar-refractivity contribution in [2.45, 2.75) is 56.8 Å². The number of carboxylic acid groups (broad SMARTS) is 1. The number of Topliss-reactive ketones (excluding diaryl/α,β-unsaturated/α-hetero) is 1. The summed E-state index contributed by atoms with van der Waals surface area (Å²) in [5.41, 5.74) is -5.94. The van der Waals surface area contributed by atoms with Crippen molar-refractivity contribution in [3.8, 4) is 0 Å². The van der Waals surface area contributed by atoms with Gasteiger partial charge in [-0.05, 0) is 0 Å². The molecule has 1 atom stereocenters. The summed E-state index contributed by atoms with van der Waals surface area (Å²) in [7, 11) is 0. The average Bonchev–Trinajstić information content (AvgIpc) is 2.65. The Balaban J connectivity index is 3.80. The van der Waals surface area contributed by atoms with Crippen molar-refractivity contribution >= 4 is 11.8 Å². The van der Waals surface area contributed by atoms with Crippen molar-refractivity contribution < 1.29 is 67.4 Å². The first-order chi connectivity index (χ1) is 14.7. The maximum absolute atomic E-state index is 14.2. The first kappa shape index (κ1) is 28.6. The van der Waals surface area contributed by atoms with Crippen LogP contribution in [0, 0.1) is 29.2 Å². The smallest absolute Gasteiger partial charge is 0.382 e. The number of alkyl halides is 8. The van der Waals surface area contributed by atoms with Crippen molar-refractivity contribution in [1.82, 2.24) is 0 Å². The molecule has 0 aliphatic heterocycles. The zero-order valence-electron chi connectivity index (χ0n) is 16.5. The van der Waals surface area contributed by atoms with E-state index in [0.29, 0.717) is 6.92 Å². The molecule has 1 N–H and O–H groups in total. The van der Waals surface area contributed by atoms with E-state index >= 15 is 0 Å². The van der Waals surface area contributed by atoms with Gasteiger partial charge in [0.15, 0.2) is 29.1 Å². The fourth-order valence-electron chi connectivity index (χ4n) is 2.78. The van der Waals surface area contributed by atoms with E-state index in [9.17, 15) is 62.3 Å². The molecule has 0 amide bonds. The predicted molar refractivity (Wildman–Crippen MR) is 85.7 cm³/mol. The first-order valence-corrected chi connectivity index (χ1v) is 8.84. The Kier molecular flexibility index (Phi) is 7.83. The Morgan fingerprint density at radius 3 is 1.61 bits per heavy atom. The van der Waals surface area contributed by atoms with Crippen LogP contribution >= 0.6 is 0 Å². The molecule has 0 saturated heterocycles. The molecule has 188 valence electrons. The van der Waals surface area contributed by atoms with Gasteiger partial charge >= 0.3 is 29.7 Å². The van der Waals surface area contributed by atoms with Gasteiger partial charge in [0.2, 0.25) is 0 Å². The molecule has 0 aromatic heterocycles. The normalized spacial score (nSPS) is 14.4. The number of ketones is 1. The highest BCUT2D eigenvalue weighted by Gasteiger charge is 2.81. The highest BCUT2D eigenvalue weighted by atomic mass is 19.4. The number of carboxylic acids is 1. The largest absolute Gasteiger partial charge is 0.481 e. The van der Waals surface area contributed by atoms with Crippen LogP contribution in [-0.2, 0) is 10.7 Å². The average molecular weight is 506 g/mol. The lowest BCUT2D eigenvalue weighted by Gasteiger charge is -2.37. The van der Waals surface area contributed by atoms with Crippen molar-refractivity contribution in [3.63, 3.8) is 0 Å². The lowest BCUT2D eigenvalue weighted by Crippen LogP contribution is -2.61. The third-order valence-corrected chi connectivity index (χ3v) is 4.56. The minimum atomic E-state index is -7.28. The van der Waals surface area contributed by atoms with Crippen LogP contribution in [0.2, 0.25) is 0 Å². The number of rotatable bonds is 10. The number of hydrogen-bond acceptors (Lipinski definition) is 2. The lowest BCUT2D eigenvalue weighted by atomic mass is 9.88. The molecule has 0 fully saturated rings. The minimum absolute atomic E-state index is 0.693. The Bertz CT molecular complexity index is 913. The SMILES string of the molecule is CCCC(F)(F)C(F)(F)C(F)(F)C(F)(F)c1c(F)c(F)c(C(=O)C(C)CC(=O)O)c(F)c1F. The van der Waals surface area contributed by atoms with Crippen molar-refractivity contribution in [2.75, 3.05) is 0 Å². The predicted octanol–water partition coefficient (Wildman–Crippen LogP) is 6.33. The second kappa shape index (κ2) is 9.05. The molecule has 15 heteroatoms. The molecule has 1 aromatic rings. The quantitative estimate of drug-likeness (QED) is 0.229. The maximum atomic E-state index is 14.2. The Morgan fingerprint density at radius 2 is 1.24 bits per heavy atom. The zero-order valence-corrected chi connectivity index (χ0v) is 16.5. The van der Waals surface area contributed by atoms with Gasteiger partial charge in [0, 0.05) is 12.3 Å². The van der Waals surface area contributed by atoms with Gasteiger partial charge in [-0.25, -0.2) is 17.6 Å². The number of benzene rings is 1. The van der Waals surface area contributed by atoms with Crippen LogP contribution in [0.4, 0.5) is 52.7 Å². The number of carbonyl (C=O) groups excluding carboxylic acids is 1. The number of carbonyl (C=O) groups is 2. The lowest BCUT2D eigenvalue weighted by molar-refractivity contribution is -0.372. The molecule has 0 radical (unpaired) electrons. The van der Waals surface area contributed by atoms with Gasteiger partial charge in [0.1, 0.15) is 5.56 Å². The third-order valence-electron chi connectivity index (χ3n) is 4.56. The van der Waals surface area contributed by atoms with Gasteiger partial charge in [-0.3, -0.25) is 9.59 Å². The fraction of sp³-hybridized carbons (Fsp3) is 0.556. The van der Waals surface area contributed by atoms with Crippen molar-refractivity contribution in [3.05, 3.63) is 34.4 Å². The summed E-state index contributed by atoms with van der Waals surface area (Å²) in [4.78, 5) is 22.5. The summed E-state index contributed by atoms with van der Waals surface area (Å²) in [6.45, 7) is 1.49. The number of halogens is 12. The van der Waals surface area contributed by atoms with E-state index in [4.69, 9.17) is 5.11 Å². The molecule has 1 aromatic carbocycles. The van der Waals surface area contributed by atoms with E-state index in [0.717, 1.165) is 6.92 Å². The van der Waals surface area contributed by atoms with Gasteiger partial charge < -0.3 is 5.11 Å². The topological polar surface area (TPSA) is 54.4 Å². The van der Waals surface area contributed by atoms with Gasteiger partial charge in [0.05, 0.1) is 12.0 Å². The molecule has 33 heavy (non-hydrogen) atoms. The van der Waals surface area contributed by atoms with Crippen LogP contribution in [0.25, 0.3) is 0 Å². The summed E-state index contributed by atoms with van der Waals surface area (Å²) >= 11 is 0. The van der Waals surface area contributed by atoms with E-state index in [1.54, 1.807) is 0 Å². The highest BCUT2D eigenvalue weighted by molar-refractivity contribution is 5.99. The molecule has 0 bridgehead atoms. The molecule has 0 spiro atoms. The van der Waals surface area contributed by atoms with Crippen LogP contribution < -0.4 is 0 Å². The molecule has 0 heterocycles. The Hall–Kier alpha value is -2.48. The van der Waals surface area contributed by atoms with Gasteiger partial charge in [-0.2, -0.15) is 35.1 Å². The fourth-order valence-corrected chi connectivity index (χ4v) is 2.78. The summed E-state index contributed by atoms with van der Waals surface area (Å²) in [6.07, 6.45) is -4.15. The van der Waals surface area contributed by atoms with Crippen molar-refractivity contribution in [1.29, 1.82) is 0 Å². The molecular weight excluding hydrogens is 492 g/mol. The molecule has 1 rings (SSSR count). The number of aliphatic carboxylic acids is 1. The Labute approximate surface area is 177 Å².